The molecule has 0 unspecified atom stereocenters. The standard InChI is InChI=1S/C24H26N2O/c1-24(2,3)20-16-10-11-17-21(20)25-23(27)26-22(18-12-6-4-7-13-18)19-14-8-5-9-15-19/h4-17,22H,1-3H3,(H2,25,26,27). The molecule has 3 aromatic rings. The number of carbonyl (C=O) groups excluding carboxylic acids is 1. The van der Waals surface area contributed by atoms with E-state index < -0.39 is 0 Å². The highest BCUT2D eigenvalue weighted by atomic mass is 16.2. The molecule has 0 aliphatic carbocycles. The normalized spacial score (nSPS) is 11.3. The van der Waals surface area contributed by atoms with Crippen LogP contribution in [0.5, 0.6) is 0 Å². The average Bonchev–Trinajstić information content (AvgIpc) is 2.67. The van der Waals surface area contributed by atoms with Crippen LogP contribution in [-0.2, 0) is 5.41 Å². The summed E-state index contributed by atoms with van der Waals surface area (Å²) >= 11 is 0. The molecule has 138 valence electrons. The lowest BCUT2D eigenvalue weighted by Gasteiger charge is -2.24. The van der Waals surface area contributed by atoms with E-state index in [0.29, 0.717) is 0 Å². The number of urea groups is 1. The van der Waals surface area contributed by atoms with Gasteiger partial charge in [0, 0.05) is 5.69 Å². The Bertz CT molecular complexity index is 844. The molecule has 0 atom stereocenters. The second-order valence-corrected chi connectivity index (χ2v) is 7.65. The van der Waals surface area contributed by atoms with Crippen LogP contribution < -0.4 is 10.6 Å². The summed E-state index contributed by atoms with van der Waals surface area (Å²) in [6, 6.07) is 27.5. The van der Waals surface area contributed by atoms with Crippen molar-refractivity contribution in [3.05, 3.63) is 102 Å². The number of hydrogen-bond acceptors (Lipinski definition) is 1. The molecule has 0 spiro atoms. The number of anilines is 1. The molecule has 0 saturated heterocycles. The summed E-state index contributed by atoms with van der Waals surface area (Å²) in [5.74, 6) is 0. The molecule has 0 bridgehead atoms. The van der Waals surface area contributed by atoms with Gasteiger partial charge in [-0.05, 0) is 28.2 Å². The van der Waals surface area contributed by atoms with Crippen molar-refractivity contribution in [1.29, 1.82) is 0 Å². The Morgan fingerprint density at radius 1 is 0.741 bits per heavy atom. The van der Waals surface area contributed by atoms with Gasteiger partial charge in [0.1, 0.15) is 0 Å². The second kappa shape index (κ2) is 8.09. The van der Waals surface area contributed by atoms with Crippen LogP contribution >= 0.6 is 0 Å². The zero-order valence-electron chi connectivity index (χ0n) is 16.1. The summed E-state index contributed by atoms with van der Waals surface area (Å²) in [5.41, 5.74) is 3.98. The summed E-state index contributed by atoms with van der Waals surface area (Å²) in [5, 5.41) is 6.16. The van der Waals surface area contributed by atoms with Crippen LogP contribution in [0.1, 0.15) is 43.5 Å². The number of amides is 2. The highest BCUT2D eigenvalue weighted by Gasteiger charge is 2.20. The van der Waals surface area contributed by atoms with E-state index in [1.54, 1.807) is 0 Å². The van der Waals surface area contributed by atoms with Gasteiger partial charge in [-0.2, -0.15) is 0 Å². The third-order valence-corrected chi connectivity index (χ3v) is 4.52. The molecular formula is C24H26N2O. The maximum absolute atomic E-state index is 12.8. The monoisotopic (exact) mass is 358 g/mol. The Hall–Kier alpha value is -3.07. The zero-order chi connectivity index (χ0) is 19.3. The molecule has 0 saturated carbocycles. The molecule has 0 aromatic heterocycles. The third-order valence-electron chi connectivity index (χ3n) is 4.52. The van der Waals surface area contributed by atoms with E-state index in [1.165, 1.54) is 0 Å². The van der Waals surface area contributed by atoms with E-state index in [0.717, 1.165) is 22.4 Å². The molecule has 0 fully saturated rings. The molecular weight excluding hydrogens is 332 g/mol. The van der Waals surface area contributed by atoms with Crippen LogP contribution in [0, 0.1) is 0 Å². The van der Waals surface area contributed by atoms with Crippen molar-refractivity contribution in [3.8, 4) is 0 Å². The summed E-state index contributed by atoms with van der Waals surface area (Å²) < 4.78 is 0. The number of hydrogen-bond donors (Lipinski definition) is 2. The number of rotatable bonds is 4. The quantitative estimate of drug-likeness (QED) is 0.599. The Kier molecular flexibility index (Phi) is 5.60. The van der Waals surface area contributed by atoms with E-state index in [4.69, 9.17) is 0 Å². The highest BCUT2D eigenvalue weighted by Crippen LogP contribution is 2.29. The number of para-hydroxylation sites is 1. The first-order valence-corrected chi connectivity index (χ1v) is 9.22. The third kappa shape index (κ3) is 4.76. The second-order valence-electron chi connectivity index (χ2n) is 7.65. The fourth-order valence-corrected chi connectivity index (χ4v) is 3.19. The van der Waals surface area contributed by atoms with Gasteiger partial charge >= 0.3 is 6.03 Å². The van der Waals surface area contributed by atoms with Crippen LogP contribution in [0.3, 0.4) is 0 Å². The minimum atomic E-state index is -0.218. The number of benzene rings is 3. The van der Waals surface area contributed by atoms with Gasteiger partial charge in [0.25, 0.3) is 0 Å². The SMILES string of the molecule is CC(C)(C)c1ccccc1NC(=O)NC(c1ccccc1)c1ccccc1. The first kappa shape index (κ1) is 18.7. The fourth-order valence-electron chi connectivity index (χ4n) is 3.19. The van der Waals surface area contributed by atoms with Gasteiger partial charge in [-0.15, -0.1) is 0 Å². The minimum Gasteiger partial charge on any atom is -0.327 e. The molecule has 0 radical (unpaired) electrons. The molecule has 3 rings (SSSR count). The molecule has 0 heterocycles. The Morgan fingerprint density at radius 3 is 1.74 bits per heavy atom. The van der Waals surface area contributed by atoms with Crippen LogP contribution in [0.4, 0.5) is 10.5 Å². The van der Waals surface area contributed by atoms with Gasteiger partial charge in [-0.1, -0.05) is 99.6 Å². The van der Waals surface area contributed by atoms with Crippen molar-refractivity contribution in [3.63, 3.8) is 0 Å². The number of nitrogens with one attached hydrogen (secondary N) is 2. The summed E-state index contributed by atoms with van der Waals surface area (Å²) in [6.45, 7) is 6.42. The molecule has 2 amide bonds. The van der Waals surface area contributed by atoms with Crippen molar-refractivity contribution in [1.82, 2.24) is 5.32 Å². The van der Waals surface area contributed by atoms with Gasteiger partial charge in [0.15, 0.2) is 0 Å². The van der Waals surface area contributed by atoms with E-state index >= 15 is 0 Å². The summed E-state index contributed by atoms with van der Waals surface area (Å²) in [6.07, 6.45) is 0. The van der Waals surface area contributed by atoms with E-state index in [2.05, 4.69) is 37.5 Å². The summed E-state index contributed by atoms with van der Waals surface area (Å²) in [4.78, 5) is 12.8. The van der Waals surface area contributed by atoms with Crippen molar-refractivity contribution < 1.29 is 4.79 Å². The maximum Gasteiger partial charge on any atom is 0.319 e. The maximum atomic E-state index is 12.8. The topological polar surface area (TPSA) is 41.1 Å². The largest absolute Gasteiger partial charge is 0.327 e. The van der Waals surface area contributed by atoms with Crippen LogP contribution in [-0.4, -0.2) is 6.03 Å². The Labute approximate surface area is 161 Å². The lowest BCUT2D eigenvalue weighted by Crippen LogP contribution is -2.34. The van der Waals surface area contributed by atoms with Gasteiger partial charge in [0.2, 0.25) is 0 Å². The van der Waals surface area contributed by atoms with Gasteiger partial charge in [-0.3, -0.25) is 0 Å². The molecule has 2 N–H and O–H groups in total. The first-order valence-electron chi connectivity index (χ1n) is 9.22. The molecule has 27 heavy (non-hydrogen) atoms. The summed E-state index contributed by atoms with van der Waals surface area (Å²) in [7, 11) is 0. The first-order chi connectivity index (χ1) is 12.9. The predicted octanol–water partition coefficient (Wildman–Crippen LogP) is 5.90. The number of carbonyl (C=O) groups is 1. The van der Waals surface area contributed by atoms with Crippen LogP contribution in [0.15, 0.2) is 84.9 Å². The van der Waals surface area contributed by atoms with Crippen molar-refractivity contribution in [2.45, 2.75) is 32.2 Å². The zero-order valence-corrected chi connectivity index (χ0v) is 16.1. The van der Waals surface area contributed by atoms with Gasteiger partial charge < -0.3 is 10.6 Å². The fraction of sp³-hybridized carbons (Fsp3) is 0.208. The van der Waals surface area contributed by atoms with Crippen molar-refractivity contribution in [2.24, 2.45) is 0 Å². The van der Waals surface area contributed by atoms with Gasteiger partial charge in [0.05, 0.1) is 6.04 Å². The van der Waals surface area contributed by atoms with E-state index in [9.17, 15) is 4.79 Å². The average molecular weight is 358 g/mol. The molecule has 3 nitrogen and oxygen atoms in total. The van der Waals surface area contributed by atoms with Gasteiger partial charge in [-0.25, -0.2) is 4.79 Å². The lowest BCUT2D eigenvalue weighted by atomic mass is 9.86. The molecule has 0 aliphatic heterocycles. The molecule has 3 aromatic carbocycles. The minimum absolute atomic E-state index is 0.0534. The lowest BCUT2D eigenvalue weighted by molar-refractivity contribution is 0.250. The predicted molar refractivity (Wildman–Crippen MR) is 112 cm³/mol. The van der Waals surface area contributed by atoms with E-state index in [-0.39, 0.29) is 17.5 Å². The molecule has 0 aliphatic rings. The molecule has 3 heteroatoms. The van der Waals surface area contributed by atoms with Crippen LogP contribution in [0.2, 0.25) is 0 Å². The Balaban J connectivity index is 1.84. The van der Waals surface area contributed by atoms with E-state index in [1.807, 2.05) is 78.9 Å². The van der Waals surface area contributed by atoms with Crippen molar-refractivity contribution >= 4 is 11.7 Å². The Morgan fingerprint density at radius 2 is 1.22 bits per heavy atom. The highest BCUT2D eigenvalue weighted by molar-refractivity contribution is 5.90. The van der Waals surface area contributed by atoms with Crippen molar-refractivity contribution in [2.75, 3.05) is 5.32 Å². The van der Waals surface area contributed by atoms with Crippen LogP contribution in [0.25, 0.3) is 0 Å². The smallest absolute Gasteiger partial charge is 0.319 e.